The van der Waals surface area contributed by atoms with E-state index >= 15 is 0 Å². The van der Waals surface area contributed by atoms with Crippen LogP contribution in [0.5, 0.6) is 0 Å². The summed E-state index contributed by atoms with van der Waals surface area (Å²) in [6, 6.07) is 91.0. The Morgan fingerprint density at radius 2 is 0.758 bits per heavy atom. The van der Waals surface area contributed by atoms with Crippen LogP contribution in [0.3, 0.4) is 0 Å². The number of benzene rings is 10. The molecule has 0 N–H and O–H groups in total. The highest BCUT2D eigenvalue weighted by molar-refractivity contribution is 5.99. The molecule has 10 aromatic carbocycles. The van der Waals surface area contributed by atoms with Gasteiger partial charge in [-0.1, -0.05) is 232 Å². The second-order valence-electron chi connectivity index (χ2n) is 18.7. The summed E-state index contributed by atoms with van der Waals surface area (Å²) in [7, 11) is 0. The van der Waals surface area contributed by atoms with Gasteiger partial charge in [-0.05, 0) is 119 Å². The first-order chi connectivity index (χ1) is 32.5. The van der Waals surface area contributed by atoms with Crippen molar-refractivity contribution in [1.82, 2.24) is 0 Å². The normalized spacial score (nSPS) is 14.7. The number of anilines is 3. The van der Waals surface area contributed by atoms with E-state index in [9.17, 15) is 0 Å². The Morgan fingerprint density at radius 3 is 1.42 bits per heavy atom. The summed E-state index contributed by atoms with van der Waals surface area (Å²) in [5, 5.41) is 0. The summed E-state index contributed by atoms with van der Waals surface area (Å²) in [5.41, 5.74) is 24.9. The lowest BCUT2D eigenvalue weighted by molar-refractivity contribution is 0.648. The fourth-order valence-corrected chi connectivity index (χ4v) is 12.4. The number of para-hydroxylation sites is 3. The average Bonchev–Trinajstić information content (AvgIpc) is 3.81. The maximum Gasteiger partial charge on any atom is 0.0760 e. The molecule has 0 fully saturated rings. The van der Waals surface area contributed by atoms with Crippen LogP contribution in [0.1, 0.15) is 69.8 Å². The minimum absolute atomic E-state index is 0.0651. The van der Waals surface area contributed by atoms with Crippen molar-refractivity contribution in [3.63, 3.8) is 0 Å². The highest BCUT2D eigenvalue weighted by atomic mass is 15.2. The van der Waals surface area contributed by atoms with Crippen LogP contribution in [0.15, 0.2) is 243 Å². The molecular formula is C65H47N. The number of hydrogen-bond acceptors (Lipinski definition) is 1. The summed E-state index contributed by atoms with van der Waals surface area (Å²) in [6.45, 7) is 4.84. The molecule has 1 spiro atoms. The molecule has 1 nitrogen and oxygen atoms in total. The summed E-state index contributed by atoms with van der Waals surface area (Å²) < 4.78 is 0. The van der Waals surface area contributed by atoms with Crippen molar-refractivity contribution >= 4 is 17.1 Å². The Labute approximate surface area is 388 Å². The smallest absolute Gasteiger partial charge is 0.0760 e. The van der Waals surface area contributed by atoms with Crippen molar-refractivity contribution < 1.29 is 0 Å². The zero-order valence-electron chi connectivity index (χ0n) is 37.1. The van der Waals surface area contributed by atoms with Crippen molar-refractivity contribution in [2.75, 3.05) is 4.90 Å². The standard InChI is InChI=1S/C65H47N/c1-64(2)55-33-13-11-26-48(55)52-30-20-32-54(62(52)64)61(45-41-39-44(40-42-45)43-21-5-3-6-22-43)50-28-10-9-25-47(50)51-29-19-31-53-49-27-12-14-34-56(49)65(63(51)53)57-35-15-17-37-59(57)66(46-23-7-4-8-24-46)60-38-18-16-36-58(60)65/h3-42,61H,1-2H3. The predicted molar refractivity (Wildman–Crippen MR) is 274 cm³/mol. The van der Waals surface area contributed by atoms with Crippen LogP contribution < -0.4 is 4.90 Å². The number of hydrogen-bond donors (Lipinski definition) is 0. The van der Waals surface area contributed by atoms with Gasteiger partial charge in [-0.2, -0.15) is 0 Å². The average molecular weight is 842 g/mol. The van der Waals surface area contributed by atoms with E-state index < -0.39 is 5.41 Å². The fourth-order valence-electron chi connectivity index (χ4n) is 12.4. The van der Waals surface area contributed by atoms with E-state index in [2.05, 4.69) is 261 Å². The molecule has 10 aromatic rings. The van der Waals surface area contributed by atoms with Gasteiger partial charge in [-0.25, -0.2) is 0 Å². The minimum atomic E-state index is -0.599. The fraction of sp³-hybridized carbons (Fsp3) is 0.0769. The van der Waals surface area contributed by atoms with Gasteiger partial charge < -0.3 is 4.90 Å². The van der Waals surface area contributed by atoms with Crippen molar-refractivity contribution in [3.05, 3.63) is 293 Å². The number of fused-ring (bicyclic) bond motifs is 12. The molecule has 312 valence electrons. The van der Waals surface area contributed by atoms with E-state index in [1.165, 1.54) is 106 Å². The molecule has 1 aliphatic heterocycles. The lowest BCUT2D eigenvalue weighted by Gasteiger charge is -2.45. The SMILES string of the molecule is CC1(C)c2ccccc2-c2cccc(C(c3ccc(-c4ccccc4)cc3)c3ccccc3-c3cccc4c3C3(c5ccccc5-4)c4ccccc4N(c4ccccc4)c4ccccc43)c21. The minimum Gasteiger partial charge on any atom is -0.310 e. The Morgan fingerprint density at radius 1 is 0.318 bits per heavy atom. The molecule has 0 bridgehead atoms. The third kappa shape index (κ3) is 5.41. The van der Waals surface area contributed by atoms with E-state index in [4.69, 9.17) is 0 Å². The maximum absolute atomic E-state index is 2.47. The van der Waals surface area contributed by atoms with Gasteiger partial charge in [0.2, 0.25) is 0 Å². The molecule has 1 unspecified atom stereocenters. The first kappa shape index (κ1) is 38.5. The highest BCUT2D eigenvalue weighted by Crippen LogP contribution is 2.65. The van der Waals surface area contributed by atoms with Crippen LogP contribution in [-0.2, 0) is 10.8 Å². The largest absolute Gasteiger partial charge is 0.310 e. The molecule has 0 radical (unpaired) electrons. The molecule has 1 heteroatoms. The monoisotopic (exact) mass is 841 g/mol. The highest BCUT2D eigenvalue weighted by Gasteiger charge is 2.53. The Hall–Kier alpha value is -8.00. The third-order valence-electron chi connectivity index (χ3n) is 15.0. The Balaban J connectivity index is 1.10. The molecule has 13 rings (SSSR count). The lowest BCUT2D eigenvalue weighted by Crippen LogP contribution is -2.36. The number of nitrogens with zero attached hydrogens (tertiary/aromatic N) is 1. The van der Waals surface area contributed by atoms with Crippen LogP contribution in [0.2, 0.25) is 0 Å². The van der Waals surface area contributed by atoms with Gasteiger partial charge in [0.15, 0.2) is 0 Å². The van der Waals surface area contributed by atoms with Gasteiger partial charge >= 0.3 is 0 Å². The molecule has 0 saturated carbocycles. The summed E-state index contributed by atoms with van der Waals surface area (Å²) >= 11 is 0. The third-order valence-corrected chi connectivity index (χ3v) is 15.0. The summed E-state index contributed by atoms with van der Waals surface area (Å²) in [4.78, 5) is 2.47. The second kappa shape index (κ2) is 14.8. The number of rotatable bonds is 6. The van der Waals surface area contributed by atoms with Crippen LogP contribution in [0.25, 0.3) is 44.5 Å². The molecule has 2 aliphatic carbocycles. The van der Waals surface area contributed by atoms with Gasteiger partial charge in [0.1, 0.15) is 0 Å². The Bertz CT molecular complexity index is 3460. The molecule has 0 amide bonds. The van der Waals surface area contributed by atoms with Gasteiger partial charge in [0.05, 0.1) is 16.8 Å². The zero-order valence-corrected chi connectivity index (χ0v) is 37.1. The van der Waals surface area contributed by atoms with E-state index in [0.717, 1.165) is 5.69 Å². The molecule has 1 atom stereocenters. The van der Waals surface area contributed by atoms with Crippen molar-refractivity contribution in [1.29, 1.82) is 0 Å². The molecule has 3 aliphatic rings. The van der Waals surface area contributed by atoms with Crippen LogP contribution in [0.4, 0.5) is 17.1 Å². The topological polar surface area (TPSA) is 3.24 Å². The first-order valence-electron chi connectivity index (χ1n) is 23.3. The van der Waals surface area contributed by atoms with E-state index in [1.807, 2.05) is 0 Å². The Kier molecular flexibility index (Phi) is 8.61. The lowest BCUT2D eigenvalue weighted by atomic mass is 9.63. The van der Waals surface area contributed by atoms with Gasteiger partial charge in [-0.15, -0.1) is 0 Å². The van der Waals surface area contributed by atoms with E-state index in [1.54, 1.807) is 0 Å². The molecule has 0 aromatic heterocycles. The van der Waals surface area contributed by atoms with Crippen LogP contribution in [0, 0.1) is 0 Å². The van der Waals surface area contributed by atoms with Crippen molar-refractivity contribution in [3.8, 4) is 44.5 Å². The van der Waals surface area contributed by atoms with Gasteiger partial charge in [0, 0.05) is 17.0 Å². The second-order valence-corrected chi connectivity index (χ2v) is 18.7. The first-order valence-corrected chi connectivity index (χ1v) is 23.3. The van der Waals surface area contributed by atoms with Crippen LogP contribution >= 0.6 is 0 Å². The molecule has 1 heterocycles. The van der Waals surface area contributed by atoms with E-state index in [-0.39, 0.29) is 11.3 Å². The summed E-state index contributed by atoms with van der Waals surface area (Å²) in [6.07, 6.45) is 0. The predicted octanol–water partition coefficient (Wildman–Crippen LogP) is 16.7. The molecule has 66 heavy (non-hydrogen) atoms. The van der Waals surface area contributed by atoms with Crippen molar-refractivity contribution in [2.24, 2.45) is 0 Å². The van der Waals surface area contributed by atoms with Gasteiger partial charge in [-0.3, -0.25) is 0 Å². The molecular weight excluding hydrogens is 795 g/mol. The molecule has 0 saturated heterocycles. The quantitative estimate of drug-likeness (QED) is 0.151. The van der Waals surface area contributed by atoms with E-state index in [0.29, 0.717) is 0 Å². The van der Waals surface area contributed by atoms with Crippen LogP contribution in [-0.4, -0.2) is 0 Å². The van der Waals surface area contributed by atoms with Gasteiger partial charge in [0.25, 0.3) is 0 Å². The zero-order chi connectivity index (χ0) is 44.0. The van der Waals surface area contributed by atoms with Crippen molar-refractivity contribution in [2.45, 2.75) is 30.6 Å². The maximum atomic E-state index is 2.47. The summed E-state index contributed by atoms with van der Waals surface area (Å²) in [5.74, 6) is -0.0651.